The minimum Gasteiger partial charge on any atom is -0.350 e. The minimum absolute atomic E-state index is 0.0848. The van der Waals surface area contributed by atoms with Crippen LogP contribution in [-0.2, 0) is 11.3 Å². The third-order valence-electron chi connectivity index (χ3n) is 5.24. The lowest BCUT2D eigenvalue weighted by atomic mass is 9.88. The van der Waals surface area contributed by atoms with E-state index in [4.69, 9.17) is 11.6 Å². The molecule has 7 heteroatoms. The second kappa shape index (κ2) is 8.81. The lowest BCUT2D eigenvalue weighted by molar-refractivity contribution is -0.123. The van der Waals surface area contributed by atoms with E-state index in [2.05, 4.69) is 15.3 Å². The van der Waals surface area contributed by atoms with Crippen molar-refractivity contribution in [1.29, 1.82) is 0 Å². The Kier molecular flexibility index (Phi) is 6.48. The van der Waals surface area contributed by atoms with Gasteiger partial charge in [-0.1, -0.05) is 30.9 Å². The van der Waals surface area contributed by atoms with Crippen LogP contribution in [0.1, 0.15) is 44.9 Å². The van der Waals surface area contributed by atoms with E-state index in [0.717, 1.165) is 43.1 Å². The fourth-order valence-electron chi connectivity index (χ4n) is 4.02. The maximum atomic E-state index is 12.3. The maximum absolute atomic E-state index is 12.3. The van der Waals surface area contributed by atoms with Crippen molar-refractivity contribution < 1.29 is 4.79 Å². The zero-order valence-electron chi connectivity index (χ0n) is 14.6. The van der Waals surface area contributed by atoms with Gasteiger partial charge in [0.2, 0.25) is 5.91 Å². The number of hydrogen-bond acceptors (Lipinski definition) is 4. The molecule has 138 valence electrons. The predicted molar refractivity (Wildman–Crippen MR) is 97.7 cm³/mol. The van der Waals surface area contributed by atoms with Gasteiger partial charge in [0.05, 0.1) is 0 Å². The van der Waals surface area contributed by atoms with Crippen molar-refractivity contribution in [1.82, 2.24) is 20.0 Å². The van der Waals surface area contributed by atoms with Gasteiger partial charge in [-0.25, -0.2) is 4.68 Å². The van der Waals surface area contributed by atoms with Gasteiger partial charge in [0.25, 0.3) is 5.56 Å². The minimum atomic E-state index is -0.317. The summed E-state index contributed by atoms with van der Waals surface area (Å²) >= 11 is 5.79. The molecule has 0 aromatic carbocycles. The smallest absolute Gasteiger partial charge is 0.267 e. The number of rotatable bonds is 5. The number of piperidine rings is 1. The molecule has 1 saturated heterocycles. The number of nitrogens with zero attached hydrogens (tertiary/aromatic N) is 3. The van der Waals surface area contributed by atoms with Gasteiger partial charge in [-0.2, -0.15) is 5.10 Å². The van der Waals surface area contributed by atoms with Crippen LogP contribution in [-0.4, -0.2) is 46.3 Å². The third-order valence-corrected chi connectivity index (χ3v) is 5.44. The Morgan fingerprint density at radius 3 is 2.80 bits per heavy atom. The van der Waals surface area contributed by atoms with Crippen LogP contribution in [0.4, 0.5) is 0 Å². The van der Waals surface area contributed by atoms with Crippen LogP contribution < -0.4 is 10.9 Å². The highest BCUT2D eigenvalue weighted by Gasteiger charge is 2.24. The first kappa shape index (κ1) is 18.4. The maximum Gasteiger partial charge on any atom is 0.267 e. The average molecular weight is 367 g/mol. The van der Waals surface area contributed by atoms with Crippen molar-refractivity contribution >= 4 is 17.5 Å². The highest BCUT2D eigenvalue weighted by molar-refractivity contribution is 6.29. The Balaban J connectivity index is 1.49. The van der Waals surface area contributed by atoms with Crippen LogP contribution in [0.2, 0.25) is 5.15 Å². The first-order valence-corrected chi connectivity index (χ1v) is 9.73. The molecule has 1 N–H and O–H groups in total. The first-order valence-electron chi connectivity index (χ1n) is 9.35. The highest BCUT2D eigenvalue weighted by Crippen LogP contribution is 2.25. The Morgan fingerprint density at radius 2 is 2.00 bits per heavy atom. The van der Waals surface area contributed by atoms with Gasteiger partial charge in [0.15, 0.2) is 0 Å². The highest BCUT2D eigenvalue weighted by atomic mass is 35.5. The van der Waals surface area contributed by atoms with Crippen LogP contribution in [0.15, 0.2) is 16.9 Å². The summed E-state index contributed by atoms with van der Waals surface area (Å²) in [6.07, 6.45) is 8.89. The molecule has 1 atom stereocenters. The van der Waals surface area contributed by atoms with Gasteiger partial charge < -0.3 is 10.2 Å². The first-order chi connectivity index (χ1) is 12.1. The molecule has 2 heterocycles. The van der Waals surface area contributed by atoms with Crippen molar-refractivity contribution in [3.63, 3.8) is 0 Å². The fourth-order valence-corrected chi connectivity index (χ4v) is 4.17. The standard InChI is InChI=1S/C18H27ClN4O2/c19-16-8-9-18(25)23(21-16)13-17(24)20-15-7-4-10-22(12-15)11-14-5-2-1-3-6-14/h8-9,14-15H,1-7,10-13H2,(H,20,24)/t15-/m1/s1. The quantitative estimate of drug-likeness (QED) is 0.866. The Morgan fingerprint density at radius 1 is 1.20 bits per heavy atom. The van der Waals surface area contributed by atoms with E-state index in [9.17, 15) is 9.59 Å². The van der Waals surface area contributed by atoms with E-state index in [1.165, 1.54) is 44.2 Å². The summed E-state index contributed by atoms with van der Waals surface area (Å²) in [5.41, 5.74) is -0.317. The van der Waals surface area contributed by atoms with Gasteiger partial charge in [0, 0.05) is 25.2 Å². The molecule has 6 nitrogen and oxygen atoms in total. The van der Waals surface area contributed by atoms with Gasteiger partial charge in [0.1, 0.15) is 11.7 Å². The van der Waals surface area contributed by atoms with Crippen molar-refractivity contribution in [3.8, 4) is 0 Å². The van der Waals surface area contributed by atoms with Crippen LogP contribution in [0, 0.1) is 5.92 Å². The summed E-state index contributed by atoms with van der Waals surface area (Å²) in [4.78, 5) is 26.5. The molecule has 1 aliphatic heterocycles. The van der Waals surface area contributed by atoms with Crippen LogP contribution in [0.5, 0.6) is 0 Å². The summed E-state index contributed by atoms with van der Waals surface area (Å²) in [5.74, 6) is 0.638. The summed E-state index contributed by atoms with van der Waals surface area (Å²) in [6.45, 7) is 3.10. The van der Waals surface area contributed by atoms with Gasteiger partial charge >= 0.3 is 0 Å². The number of carbonyl (C=O) groups excluding carboxylic acids is 1. The molecule has 0 radical (unpaired) electrons. The second-order valence-corrected chi connectivity index (χ2v) is 7.71. The summed E-state index contributed by atoms with van der Waals surface area (Å²) in [7, 11) is 0. The largest absolute Gasteiger partial charge is 0.350 e. The monoisotopic (exact) mass is 366 g/mol. The number of nitrogens with one attached hydrogen (secondary N) is 1. The fraction of sp³-hybridized carbons (Fsp3) is 0.722. The molecule has 2 fully saturated rings. The molecule has 0 spiro atoms. The van der Waals surface area contributed by atoms with Gasteiger partial charge in [-0.05, 0) is 44.2 Å². The van der Waals surface area contributed by atoms with Crippen LogP contribution in [0.25, 0.3) is 0 Å². The molecule has 1 aliphatic carbocycles. The van der Waals surface area contributed by atoms with E-state index in [-0.39, 0.29) is 29.2 Å². The Labute approximate surface area is 153 Å². The lowest BCUT2D eigenvalue weighted by Gasteiger charge is -2.36. The van der Waals surface area contributed by atoms with Crippen LogP contribution in [0.3, 0.4) is 0 Å². The number of carbonyl (C=O) groups is 1. The van der Waals surface area contributed by atoms with Crippen molar-refractivity contribution in [2.45, 2.75) is 57.5 Å². The molecule has 1 saturated carbocycles. The average Bonchev–Trinajstić information content (AvgIpc) is 2.59. The van der Waals surface area contributed by atoms with Crippen molar-refractivity contribution in [2.24, 2.45) is 5.92 Å². The molecule has 2 aliphatic rings. The van der Waals surface area contributed by atoms with E-state index < -0.39 is 0 Å². The Hall–Kier alpha value is -1.40. The second-order valence-electron chi connectivity index (χ2n) is 7.32. The molecule has 3 rings (SSSR count). The SMILES string of the molecule is O=C(Cn1nc(Cl)ccc1=O)N[C@@H]1CCCN(CC2CCCCC2)C1. The number of likely N-dealkylation sites (tertiary alicyclic amines) is 1. The lowest BCUT2D eigenvalue weighted by Crippen LogP contribution is -2.50. The molecule has 25 heavy (non-hydrogen) atoms. The molecule has 1 aromatic heterocycles. The molecule has 0 unspecified atom stereocenters. The van der Waals surface area contributed by atoms with E-state index in [1.807, 2.05) is 0 Å². The normalized spacial score (nSPS) is 22.7. The summed E-state index contributed by atoms with van der Waals surface area (Å²) in [5, 5.41) is 7.17. The molecule has 1 aromatic rings. The van der Waals surface area contributed by atoms with E-state index in [0.29, 0.717) is 0 Å². The Bertz CT molecular complexity index is 642. The number of halogens is 1. The topological polar surface area (TPSA) is 67.2 Å². The van der Waals surface area contributed by atoms with Crippen LogP contribution >= 0.6 is 11.6 Å². The number of aromatic nitrogens is 2. The molecule has 0 bridgehead atoms. The number of hydrogen-bond donors (Lipinski definition) is 1. The molecule has 1 amide bonds. The molecular weight excluding hydrogens is 340 g/mol. The van der Waals surface area contributed by atoms with E-state index in [1.54, 1.807) is 0 Å². The predicted octanol–water partition coefficient (Wildman–Crippen LogP) is 2.06. The zero-order valence-corrected chi connectivity index (χ0v) is 15.4. The number of amides is 1. The van der Waals surface area contributed by atoms with Crippen molar-refractivity contribution in [3.05, 3.63) is 27.6 Å². The van der Waals surface area contributed by atoms with Gasteiger partial charge in [-0.3, -0.25) is 9.59 Å². The summed E-state index contributed by atoms with van der Waals surface area (Å²) < 4.78 is 1.11. The molecular formula is C18H27ClN4O2. The van der Waals surface area contributed by atoms with Gasteiger partial charge in [-0.15, -0.1) is 0 Å². The zero-order chi connectivity index (χ0) is 17.6. The van der Waals surface area contributed by atoms with E-state index >= 15 is 0 Å². The summed E-state index contributed by atoms with van der Waals surface area (Å²) in [6, 6.07) is 2.91. The van der Waals surface area contributed by atoms with Crippen molar-refractivity contribution in [2.75, 3.05) is 19.6 Å². The third kappa shape index (κ3) is 5.54.